The summed E-state index contributed by atoms with van der Waals surface area (Å²) in [7, 11) is 0. The molecule has 0 aliphatic rings. The highest BCUT2D eigenvalue weighted by Crippen LogP contribution is 2.29. The smallest absolute Gasteiger partial charge is 0.352 e. The van der Waals surface area contributed by atoms with Gasteiger partial charge in [0.2, 0.25) is 5.91 Å². The number of carbonyl (C=O) groups is 1. The van der Waals surface area contributed by atoms with E-state index in [4.69, 9.17) is 0 Å². The van der Waals surface area contributed by atoms with Crippen LogP contribution in [-0.4, -0.2) is 22.2 Å². The zero-order valence-corrected chi connectivity index (χ0v) is 14.9. The number of benzene rings is 2. The van der Waals surface area contributed by atoms with Gasteiger partial charge in [-0.25, -0.2) is 4.68 Å². The second-order valence-electron chi connectivity index (χ2n) is 6.11. The highest BCUT2D eigenvalue weighted by Gasteiger charge is 2.30. The third kappa shape index (κ3) is 5.33. The number of aromatic nitrogens is 2. The Labute approximate surface area is 160 Å². The highest BCUT2D eigenvalue weighted by atomic mass is 19.4. The van der Waals surface area contributed by atoms with Gasteiger partial charge in [-0.05, 0) is 54.0 Å². The molecule has 4 nitrogen and oxygen atoms in total. The Balaban J connectivity index is 1.49. The number of nitrogens with zero attached hydrogens (tertiary/aromatic N) is 2. The number of halogens is 3. The fraction of sp³-hybridized carbons (Fsp3) is 0.143. The Morgan fingerprint density at radius 1 is 1.11 bits per heavy atom. The first-order valence-electron chi connectivity index (χ1n) is 8.64. The van der Waals surface area contributed by atoms with Crippen molar-refractivity contribution in [3.05, 3.63) is 89.8 Å². The Morgan fingerprint density at radius 3 is 2.57 bits per heavy atom. The molecule has 0 atom stereocenters. The summed E-state index contributed by atoms with van der Waals surface area (Å²) in [5.74, 6) is -0.356. The Morgan fingerprint density at radius 2 is 1.89 bits per heavy atom. The molecule has 0 unspecified atom stereocenters. The number of rotatable bonds is 6. The molecule has 0 saturated carbocycles. The van der Waals surface area contributed by atoms with Crippen molar-refractivity contribution in [3.8, 4) is 5.69 Å². The summed E-state index contributed by atoms with van der Waals surface area (Å²) in [4.78, 5) is 11.9. The lowest BCUT2D eigenvalue weighted by Crippen LogP contribution is -2.23. The maximum absolute atomic E-state index is 12.7. The molecule has 0 fully saturated rings. The first kappa shape index (κ1) is 19.4. The molecule has 3 aromatic rings. The standard InChI is InChI=1S/C21H18F3N3O/c22-21(23,24)18-4-1-3-17(15-18)7-10-20(28)25-13-11-16-5-8-19(9-6-16)27-14-2-12-26-27/h1-10,12,14-15H,11,13H2,(H,25,28)/b10-7+. The molecular formula is C21H18F3N3O. The second-order valence-corrected chi connectivity index (χ2v) is 6.11. The van der Waals surface area contributed by atoms with Crippen molar-refractivity contribution >= 4 is 12.0 Å². The highest BCUT2D eigenvalue weighted by molar-refractivity contribution is 5.91. The van der Waals surface area contributed by atoms with E-state index in [-0.39, 0.29) is 5.91 Å². The van der Waals surface area contributed by atoms with Gasteiger partial charge >= 0.3 is 6.18 Å². The predicted octanol–water partition coefficient (Wildman–Crippen LogP) is 4.26. The predicted molar refractivity (Wildman–Crippen MR) is 101 cm³/mol. The van der Waals surface area contributed by atoms with Crippen LogP contribution in [-0.2, 0) is 17.4 Å². The van der Waals surface area contributed by atoms with Crippen LogP contribution in [0.4, 0.5) is 13.2 Å². The van der Waals surface area contributed by atoms with Gasteiger partial charge in [-0.15, -0.1) is 0 Å². The van der Waals surface area contributed by atoms with Gasteiger partial charge in [0.1, 0.15) is 0 Å². The van der Waals surface area contributed by atoms with E-state index in [9.17, 15) is 18.0 Å². The van der Waals surface area contributed by atoms with Crippen LogP contribution in [0.1, 0.15) is 16.7 Å². The minimum absolute atomic E-state index is 0.319. The summed E-state index contributed by atoms with van der Waals surface area (Å²) in [6, 6.07) is 14.5. The molecule has 0 aliphatic carbocycles. The SMILES string of the molecule is O=C(/C=C/c1cccc(C(F)(F)F)c1)NCCc1ccc(-n2cccn2)cc1. The number of hydrogen-bond acceptors (Lipinski definition) is 2. The van der Waals surface area contributed by atoms with E-state index in [2.05, 4.69) is 10.4 Å². The molecule has 0 spiro atoms. The largest absolute Gasteiger partial charge is 0.416 e. The molecule has 0 aliphatic heterocycles. The van der Waals surface area contributed by atoms with Crippen molar-refractivity contribution < 1.29 is 18.0 Å². The first-order valence-corrected chi connectivity index (χ1v) is 8.64. The normalized spacial score (nSPS) is 11.7. The Bertz CT molecular complexity index is 946. The van der Waals surface area contributed by atoms with Gasteiger partial charge in [0.25, 0.3) is 0 Å². The van der Waals surface area contributed by atoms with Crippen LogP contribution in [0.5, 0.6) is 0 Å². The zero-order chi connectivity index (χ0) is 20.0. The van der Waals surface area contributed by atoms with Crippen LogP contribution in [0, 0.1) is 0 Å². The molecule has 7 heteroatoms. The van der Waals surface area contributed by atoms with Gasteiger partial charge in [0.15, 0.2) is 0 Å². The van der Waals surface area contributed by atoms with Crippen molar-refractivity contribution in [2.24, 2.45) is 0 Å². The van der Waals surface area contributed by atoms with Crippen LogP contribution in [0.25, 0.3) is 11.8 Å². The van der Waals surface area contributed by atoms with Crippen LogP contribution < -0.4 is 5.32 Å². The van der Waals surface area contributed by atoms with Gasteiger partial charge in [-0.1, -0.05) is 24.3 Å². The molecule has 3 rings (SSSR count). The second kappa shape index (κ2) is 8.56. The molecule has 0 radical (unpaired) electrons. The molecule has 2 aromatic carbocycles. The topological polar surface area (TPSA) is 46.9 Å². The monoisotopic (exact) mass is 385 g/mol. The van der Waals surface area contributed by atoms with Crippen LogP contribution in [0.2, 0.25) is 0 Å². The Kier molecular flexibility index (Phi) is 5.93. The first-order chi connectivity index (χ1) is 13.4. The third-order valence-electron chi connectivity index (χ3n) is 4.06. The fourth-order valence-electron chi connectivity index (χ4n) is 2.62. The average Bonchev–Trinajstić information content (AvgIpc) is 3.21. The van der Waals surface area contributed by atoms with Crippen molar-refractivity contribution in [2.45, 2.75) is 12.6 Å². The molecule has 0 saturated heterocycles. The van der Waals surface area contributed by atoms with Gasteiger partial charge in [0.05, 0.1) is 11.3 Å². The fourth-order valence-corrected chi connectivity index (χ4v) is 2.62. The third-order valence-corrected chi connectivity index (χ3v) is 4.06. The van der Waals surface area contributed by atoms with E-state index < -0.39 is 11.7 Å². The average molecular weight is 385 g/mol. The Hall–Kier alpha value is -3.35. The number of nitrogens with one attached hydrogen (secondary N) is 1. The van der Waals surface area contributed by atoms with Crippen molar-refractivity contribution in [1.82, 2.24) is 15.1 Å². The number of alkyl halides is 3. The van der Waals surface area contributed by atoms with E-state index in [1.54, 1.807) is 10.9 Å². The molecule has 1 aromatic heterocycles. The van der Waals surface area contributed by atoms with Gasteiger partial charge < -0.3 is 5.32 Å². The maximum Gasteiger partial charge on any atom is 0.416 e. The molecule has 1 N–H and O–H groups in total. The minimum atomic E-state index is -4.40. The van der Waals surface area contributed by atoms with Gasteiger partial charge in [-0.3, -0.25) is 4.79 Å². The van der Waals surface area contributed by atoms with Gasteiger partial charge in [0, 0.05) is 25.0 Å². The van der Waals surface area contributed by atoms with Crippen LogP contribution in [0.3, 0.4) is 0 Å². The lowest BCUT2D eigenvalue weighted by Gasteiger charge is -2.07. The van der Waals surface area contributed by atoms with E-state index in [0.717, 1.165) is 23.4 Å². The van der Waals surface area contributed by atoms with Crippen molar-refractivity contribution in [1.29, 1.82) is 0 Å². The maximum atomic E-state index is 12.7. The molecular weight excluding hydrogens is 367 g/mol. The quantitative estimate of drug-likeness (QED) is 0.645. The van der Waals surface area contributed by atoms with Crippen LogP contribution in [0.15, 0.2) is 73.1 Å². The van der Waals surface area contributed by atoms with E-state index in [1.165, 1.54) is 24.3 Å². The molecule has 28 heavy (non-hydrogen) atoms. The summed E-state index contributed by atoms with van der Waals surface area (Å²) in [6.07, 6.45) is 2.39. The summed E-state index contributed by atoms with van der Waals surface area (Å²) in [5, 5.41) is 6.88. The lowest BCUT2D eigenvalue weighted by molar-refractivity contribution is -0.137. The zero-order valence-electron chi connectivity index (χ0n) is 14.9. The van der Waals surface area contributed by atoms with Crippen LogP contribution >= 0.6 is 0 Å². The van der Waals surface area contributed by atoms with Gasteiger partial charge in [-0.2, -0.15) is 18.3 Å². The van der Waals surface area contributed by atoms with Crippen molar-refractivity contribution in [3.63, 3.8) is 0 Å². The summed E-state index contributed by atoms with van der Waals surface area (Å²) in [6.45, 7) is 0.423. The lowest BCUT2D eigenvalue weighted by atomic mass is 10.1. The number of carbonyl (C=O) groups excluding carboxylic acids is 1. The van der Waals surface area contributed by atoms with Crippen molar-refractivity contribution in [2.75, 3.05) is 6.54 Å². The number of amides is 1. The summed E-state index contributed by atoms with van der Waals surface area (Å²) >= 11 is 0. The van der Waals surface area contributed by atoms with E-state index in [1.807, 2.05) is 36.5 Å². The minimum Gasteiger partial charge on any atom is -0.352 e. The molecule has 144 valence electrons. The summed E-state index contributed by atoms with van der Waals surface area (Å²) < 4.78 is 39.8. The van der Waals surface area contributed by atoms with E-state index in [0.29, 0.717) is 18.5 Å². The molecule has 1 amide bonds. The summed E-state index contributed by atoms with van der Waals surface area (Å²) in [5.41, 5.74) is 1.58. The molecule has 1 heterocycles. The van der Waals surface area contributed by atoms with E-state index >= 15 is 0 Å². The number of hydrogen-bond donors (Lipinski definition) is 1. The molecule has 0 bridgehead atoms.